The van der Waals surface area contributed by atoms with Gasteiger partial charge < -0.3 is 4.52 Å². The first kappa shape index (κ1) is 13.8. The van der Waals surface area contributed by atoms with Crippen molar-refractivity contribution in [3.8, 4) is 0 Å². The quantitative estimate of drug-likeness (QED) is 0.813. The number of rotatable bonds is 3. The van der Waals surface area contributed by atoms with Crippen LogP contribution in [-0.4, -0.2) is 15.9 Å². The molecule has 0 unspecified atom stereocenters. The molecule has 0 spiro atoms. The van der Waals surface area contributed by atoms with Crippen LogP contribution in [0.3, 0.4) is 0 Å². The van der Waals surface area contributed by atoms with Crippen LogP contribution in [0, 0.1) is 6.92 Å². The van der Waals surface area contributed by atoms with Crippen molar-refractivity contribution < 1.29 is 22.5 Å². The largest absolute Gasteiger partial charge is 0.433 e. The molecule has 0 bridgehead atoms. The van der Waals surface area contributed by atoms with Crippen LogP contribution < -0.4 is 0 Å². The van der Waals surface area contributed by atoms with Gasteiger partial charge in [0.25, 0.3) is 0 Å². The van der Waals surface area contributed by atoms with E-state index in [0.717, 1.165) is 25.0 Å². The summed E-state index contributed by atoms with van der Waals surface area (Å²) in [5.41, 5.74) is -0.530. The van der Waals surface area contributed by atoms with Crippen LogP contribution in [0.2, 0.25) is 0 Å². The Balaban J connectivity index is 1.96. The lowest BCUT2D eigenvalue weighted by molar-refractivity contribution is -0.141. The van der Waals surface area contributed by atoms with Gasteiger partial charge in [0.15, 0.2) is 11.5 Å². The van der Waals surface area contributed by atoms with Gasteiger partial charge in [-0.1, -0.05) is 5.16 Å². The van der Waals surface area contributed by atoms with Crippen molar-refractivity contribution in [3.63, 3.8) is 0 Å². The summed E-state index contributed by atoms with van der Waals surface area (Å²) in [7, 11) is 0. The Morgan fingerprint density at radius 1 is 1.29 bits per heavy atom. The highest BCUT2D eigenvalue weighted by molar-refractivity contribution is 6.10. The third-order valence-electron chi connectivity index (χ3n) is 3.41. The molecule has 0 amide bonds. The number of alkyl halides is 3. The minimum Gasteiger partial charge on any atom is -0.360 e. The van der Waals surface area contributed by atoms with E-state index in [1.165, 1.54) is 13.1 Å². The maximum atomic E-state index is 12.6. The summed E-state index contributed by atoms with van der Waals surface area (Å²) in [6, 6.07) is 1.96. The topological polar surface area (TPSA) is 56.0 Å². The number of aromatic nitrogens is 2. The highest BCUT2D eigenvalue weighted by Crippen LogP contribution is 2.42. The van der Waals surface area contributed by atoms with Crippen molar-refractivity contribution in [2.75, 3.05) is 0 Å². The summed E-state index contributed by atoms with van der Waals surface area (Å²) >= 11 is 0. The first-order valence-corrected chi connectivity index (χ1v) is 6.42. The summed E-state index contributed by atoms with van der Waals surface area (Å²) in [6.07, 6.45) is -1.35. The fourth-order valence-electron chi connectivity index (χ4n) is 2.16. The van der Waals surface area contributed by atoms with Crippen LogP contribution in [0.4, 0.5) is 13.2 Å². The van der Waals surface area contributed by atoms with Gasteiger partial charge in [-0.3, -0.25) is 4.79 Å². The smallest absolute Gasteiger partial charge is 0.360 e. The second-order valence-corrected chi connectivity index (χ2v) is 5.03. The number of nitrogens with zero attached hydrogens (tertiary/aromatic N) is 2. The molecule has 21 heavy (non-hydrogen) atoms. The predicted molar refractivity (Wildman–Crippen MR) is 65.9 cm³/mol. The number of pyridine rings is 1. The maximum absolute atomic E-state index is 12.6. The van der Waals surface area contributed by atoms with Crippen LogP contribution in [0.1, 0.15) is 51.8 Å². The molecular weight excluding hydrogens is 285 g/mol. The van der Waals surface area contributed by atoms with Gasteiger partial charge in [0.2, 0.25) is 0 Å². The van der Waals surface area contributed by atoms with Crippen LogP contribution >= 0.6 is 0 Å². The van der Waals surface area contributed by atoms with Crippen molar-refractivity contribution in [2.24, 2.45) is 0 Å². The van der Waals surface area contributed by atoms with Gasteiger partial charge in [0.1, 0.15) is 5.69 Å². The Kier molecular flexibility index (Phi) is 3.07. The molecule has 1 aliphatic carbocycles. The highest BCUT2D eigenvalue weighted by atomic mass is 19.4. The van der Waals surface area contributed by atoms with E-state index in [2.05, 4.69) is 10.1 Å². The Hall–Kier alpha value is -2.18. The zero-order valence-electron chi connectivity index (χ0n) is 11.1. The maximum Gasteiger partial charge on any atom is 0.433 e. The second-order valence-electron chi connectivity index (χ2n) is 5.03. The Morgan fingerprint density at radius 2 is 2.00 bits per heavy atom. The summed E-state index contributed by atoms with van der Waals surface area (Å²) < 4.78 is 42.8. The van der Waals surface area contributed by atoms with Gasteiger partial charge in [-0.2, -0.15) is 13.2 Å². The summed E-state index contributed by atoms with van der Waals surface area (Å²) in [5.74, 6) is 0.297. The first-order valence-electron chi connectivity index (χ1n) is 6.42. The third-order valence-corrected chi connectivity index (χ3v) is 3.41. The molecule has 1 fully saturated rings. The third kappa shape index (κ3) is 2.55. The van der Waals surface area contributed by atoms with E-state index < -0.39 is 17.7 Å². The van der Waals surface area contributed by atoms with E-state index in [1.807, 2.05) is 0 Å². The normalized spacial score (nSPS) is 15.2. The zero-order chi connectivity index (χ0) is 15.2. The fraction of sp³-hybridized carbons (Fsp3) is 0.357. The van der Waals surface area contributed by atoms with Gasteiger partial charge in [0.05, 0.1) is 11.8 Å². The second kappa shape index (κ2) is 4.68. The zero-order valence-corrected chi connectivity index (χ0v) is 11.1. The van der Waals surface area contributed by atoms with Crippen molar-refractivity contribution in [3.05, 3.63) is 46.6 Å². The minimum absolute atomic E-state index is 0.0396. The molecule has 0 saturated heterocycles. The molecule has 0 radical (unpaired) electrons. The van der Waals surface area contributed by atoms with Crippen LogP contribution in [0.5, 0.6) is 0 Å². The van der Waals surface area contributed by atoms with E-state index in [4.69, 9.17) is 4.52 Å². The average molecular weight is 296 g/mol. The molecule has 0 atom stereocenters. The van der Waals surface area contributed by atoms with Gasteiger partial charge in [-0.25, -0.2) is 4.98 Å². The number of ketones is 1. The van der Waals surface area contributed by atoms with Gasteiger partial charge in [-0.05, 0) is 31.9 Å². The fourth-order valence-corrected chi connectivity index (χ4v) is 2.16. The number of hydrogen-bond acceptors (Lipinski definition) is 4. The van der Waals surface area contributed by atoms with Crippen molar-refractivity contribution in [1.82, 2.24) is 10.1 Å². The number of halogens is 3. The van der Waals surface area contributed by atoms with Gasteiger partial charge in [0, 0.05) is 17.2 Å². The molecule has 2 aromatic rings. The molecule has 2 aromatic heterocycles. The van der Waals surface area contributed by atoms with Crippen molar-refractivity contribution in [2.45, 2.75) is 31.9 Å². The average Bonchev–Trinajstić information content (AvgIpc) is 3.14. The number of carbonyl (C=O) groups is 1. The Labute approximate surface area is 118 Å². The van der Waals surface area contributed by atoms with E-state index in [1.54, 1.807) is 0 Å². The van der Waals surface area contributed by atoms with Crippen molar-refractivity contribution >= 4 is 5.78 Å². The van der Waals surface area contributed by atoms with Crippen molar-refractivity contribution in [1.29, 1.82) is 0 Å². The molecular formula is C14H11F3N2O2. The lowest BCUT2D eigenvalue weighted by Gasteiger charge is -2.09. The Bertz CT molecular complexity index is 702. The molecule has 7 heteroatoms. The standard InChI is InChI=1S/C14H11F3N2O2/c1-7-9(4-5-11(19-7)14(15,16)17)12(20)10-6-18-21-13(10)8-2-3-8/h4-6,8H,2-3H2,1H3. The molecule has 3 rings (SSSR count). The van der Waals surface area contributed by atoms with Gasteiger partial charge >= 0.3 is 6.18 Å². The molecule has 1 aliphatic rings. The van der Waals surface area contributed by atoms with E-state index in [9.17, 15) is 18.0 Å². The first-order chi connectivity index (χ1) is 9.88. The molecule has 0 aliphatic heterocycles. The number of hydrogen-bond donors (Lipinski definition) is 0. The summed E-state index contributed by atoms with van der Waals surface area (Å²) in [5, 5.41) is 3.62. The lowest BCUT2D eigenvalue weighted by Crippen LogP contribution is -2.12. The summed E-state index contributed by atoms with van der Waals surface area (Å²) in [4.78, 5) is 15.9. The summed E-state index contributed by atoms with van der Waals surface area (Å²) in [6.45, 7) is 1.38. The molecule has 0 aromatic carbocycles. The lowest BCUT2D eigenvalue weighted by atomic mass is 10.0. The predicted octanol–water partition coefficient (Wildman–Crippen LogP) is 3.51. The van der Waals surface area contributed by atoms with Crippen LogP contribution in [-0.2, 0) is 6.18 Å². The molecule has 4 nitrogen and oxygen atoms in total. The molecule has 2 heterocycles. The molecule has 0 N–H and O–H groups in total. The SMILES string of the molecule is Cc1nc(C(F)(F)F)ccc1C(=O)c1cnoc1C1CC1. The van der Waals surface area contributed by atoms with Gasteiger partial charge in [-0.15, -0.1) is 0 Å². The minimum atomic E-state index is -4.53. The van der Waals surface area contributed by atoms with Crippen LogP contribution in [0.25, 0.3) is 0 Å². The molecule has 1 saturated carbocycles. The van der Waals surface area contributed by atoms with E-state index in [0.29, 0.717) is 11.3 Å². The molecule has 110 valence electrons. The number of carbonyl (C=O) groups excluding carboxylic acids is 1. The van der Waals surface area contributed by atoms with Crippen LogP contribution in [0.15, 0.2) is 22.9 Å². The monoisotopic (exact) mass is 296 g/mol. The highest BCUT2D eigenvalue weighted by Gasteiger charge is 2.35. The van der Waals surface area contributed by atoms with E-state index >= 15 is 0 Å². The Morgan fingerprint density at radius 3 is 2.57 bits per heavy atom. The van der Waals surface area contributed by atoms with E-state index in [-0.39, 0.29) is 17.2 Å². The number of aryl methyl sites for hydroxylation is 1.